The summed E-state index contributed by atoms with van der Waals surface area (Å²) in [5, 5.41) is 0. The summed E-state index contributed by atoms with van der Waals surface area (Å²) >= 11 is 0. The lowest BCUT2D eigenvalue weighted by Gasteiger charge is -2.04. The van der Waals surface area contributed by atoms with E-state index in [-0.39, 0.29) is 0 Å². The van der Waals surface area contributed by atoms with Crippen LogP contribution in [-0.2, 0) is 0 Å². The van der Waals surface area contributed by atoms with Gasteiger partial charge in [-0.05, 0) is 57.9 Å². The van der Waals surface area contributed by atoms with Crippen molar-refractivity contribution in [1.82, 2.24) is 0 Å². The largest absolute Gasteiger partial charge is 0.330 e. The Kier molecular flexibility index (Phi) is 39.9. The molecule has 43 heavy (non-hydrogen) atoms. The van der Waals surface area contributed by atoms with Gasteiger partial charge in [0.05, 0.1) is 0 Å². The number of rotatable bonds is 36. The number of hydrogen-bond acceptors (Lipinski definition) is 1. The van der Waals surface area contributed by atoms with Crippen molar-refractivity contribution in [3.8, 4) is 0 Å². The highest BCUT2D eigenvalue weighted by molar-refractivity contribution is 4.99. The van der Waals surface area contributed by atoms with Crippen molar-refractivity contribution >= 4 is 0 Å². The van der Waals surface area contributed by atoms with Gasteiger partial charge in [-0.1, -0.05) is 210 Å². The summed E-state index contributed by atoms with van der Waals surface area (Å²) in [6.45, 7) is 3.13. The highest BCUT2D eigenvalue weighted by atomic mass is 14.5. The van der Waals surface area contributed by atoms with Gasteiger partial charge in [-0.2, -0.15) is 0 Å². The van der Waals surface area contributed by atoms with Crippen molar-refractivity contribution in [1.29, 1.82) is 0 Å². The molecule has 0 radical (unpaired) electrons. The quantitative estimate of drug-likeness (QED) is 0.0564. The van der Waals surface area contributed by atoms with Crippen LogP contribution in [0.15, 0.2) is 48.6 Å². The van der Waals surface area contributed by atoms with Crippen molar-refractivity contribution in [2.45, 2.75) is 212 Å². The third-order valence-corrected chi connectivity index (χ3v) is 8.78. The molecule has 2 N–H and O–H groups in total. The summed E-state index contributed by atoms with van der Waals surface area (Å²) in [6, 6.07) is 0. The number of allylic oxidation sites excluding steroid dienone is 8. The minimum absolute atomic E-state index is 0.871. The molecule has 0 saturated heterocycles. The zero-order valence-corrected chi connectivity index (χ0v) is 29.5. The highest BCUT2D eigenvalue weighted by Crippen LogP contribution is 2.16. The Morgan fingerprint density at radius 1 is 0.279 bits per heavy atom. The molecule has 1 heteroatoms. The fraction of sp³-hybridized carbons (Fsp3) is 0.810. The van der Waals surface area contributed by atoms with Crippen LogP contribution in [0.2, 0.25) is 0 Å². The molecule has 0 aromatic carbocycles. The van der Waals surface area contributed by atoms with Gasteiger partial charge in [0.15, 0.2) is 0 Å². The average Bonchev–Trinajstić information content (AvgIpc) is 3.02. The molecule has 0 aliphatic carbocycles. The standard InChI is InChI=1S/C42H79N/c1-2-3-4-5-6-7-8-9-10-11-12-13-14-15-16-17-18-19-20-21-22-23-24-25-26-27-28-29-30-31-32-33-34-35-36-37-38-39-40-41-42-43/h6-7,9-10,12-13,15-16H,2-5,8,11,14,17-43H2,1H3/b7-6-,10-9-,13-12-,16-15-. The summed E-state index contributed by atoms with van der Waals surface area (Å²) in [6.07, 6.45) is 62.8. The van der Waals surface area contributed by atoms with Crippen molar-refractivity contribution in [3.63, 3.8) is 0 Å². The van der Waals surface area contributed by atoms with Crippen molar-refractivity contribution in [3.05, 3.63) is 48.6 Å². The molecule has 0 aromatic rings. The first-order valence-electron chi connectivity index (χ1n) is 19.7. The van der Waals surface area contributed by atoms with Crippen molar-refractivity contribution in [2.24, 2.45) is 5.73 Å². The Hall–Kier alpha value is -1.08. The van der Waals surface area contributed by atoms with Crippen LogP contribution in [0.1, 0.15) is 212 Å². The second-order valence-electron chi connectivity index (χ2n) is 13.2. The van der Waals surface area contributed by atoms with E-state index in [2.05, 4.69) is 55.5 Å². The first-order chi connectivity index (χ1) is 21.4. The fourth-order valence-electron chi connectivity index (χ4n) is 5.86. The van der Waals surface area contributed by atoms with Gasteiger partial charge in [-0.15, -0.1) is 0 Å². The number of nitrogens with two attached hydrogens (primary N) is 1. The van der Waals surface area contributed by atoms with Crippen LogP contribution in [0.3, 0.4) is 0 Å². The predicted molar refractivity (Wildman–Crippen MR) is 199 cm³/mol. The number of unbranched alkanes of at least 4 members (excludes halogenated alkanes) is 27. The van der Waals surface area contributed by atoms with E-state index in [0.29, 0.717) is 0 Å². The molecule has 0 aromatic heterocycles. The smallest absolute Gasteiger partial charge is 0.00773 e. The zero-order valence-electron chi connectivity index (χ0n) is 29.5. The normalized spacial score (nSPS) is 12.3. The van der Waals surface area contributed by atoms with Gasteiger partial charge in [0.2, 0.25) is 0 Å². The van der Waals surface area contributed by atoms with Crippen LogP contribution in [0.25, 0.3) is 0 Å². The third-order valence-electron chi connectivity index (χ3n) is 8.78. The maximum atomic E-state index is 5.55. The molecule has 0 rings (SSSR count). The molecular formula is C42H79N. The van der Waals surface area contributed by atoms with Crippen LogP contribution < -0.4 is 5.73 Å². The van der Waals surface area contributed by atoms with E-state index in [4.69, 9.17) is 5.73 Å². The third kappa shape index (κ3) is 40.9. The molecule has 0 atom stereocenters. The SMILES string of the molecule is CCCCC/C=C\C/C=C\C/C=C\C/C=C\CCCCCCCCCCCCCCCCCCCCCCCCCCN. The Morgan fingerprint density at radius 2 is 0.512 bits per heavy atom. The van der Waals surface area contributed by atoms with Gasteiger partial charge in [0, 0.05) is 0 Å². The maximum Gasteiger partial charge on any atom is -0.00773 e. The topological polar surface area (TPSA) is 26.0 Å². The van der Waals surface area contributed by atoms with Gasteiger partial charge in [0.1, 0.15) is 0 Å². The molecule has 0 bridgehead atoms. The molecule has 0 saturated carbocycles. The number of hydrogen-bond donors (Lipinski definition) is 1. The molecule has 0 heterocycles. The minimum atomic E-state index is 0.871. The second kappa shape index (κ2) is 40.9. The summed E-state index contributed by atoms with van der Waals surface area (Å²) in [5.41, 5.74) is 5.55. The molecular weight excluding hydrogens is 518 g/mol. The predicted octanol–water partition coefficient (Wildman–Crippen LogP) is 14.7. The van der Waals surface area contributed by atoms with E-state index in [1.807, 2.05) is 0 Å². The Morgan fingerprint density at radius 3 is 0.791 bits per heavy atom. The van der Waals surface area contributed by atoms with E-state index >= 15 is 0 Å². The van der Waals surface area contributed by atoms with Crippen LogP contribution in [0.4, 0.5) is 0 Å². The lowest BCUT2D eigenvalue weighted by molar-refractivity contribution is 0.517. The van der Waals surface area contributed by atoms with E-state index in [1.54, 1.807) is 0 Å². The lowest BCUT2D eigenvalue weighted by atomic mass is 10.0. The molecule has 0 fully saturated rings. The molecule has 0 amide bonds. The second-order valence-corrected chi connectivity index (χ2v) is 13.2. The van der Waals surface area contributed by atoms with Crippen LogP contribution >= 0.6 is 0 Å². The summed E-state index contributed by atoms with van der Waals surface area (Å²) in [4.78, 5) is 0. The van der Waals surface area contributed by atoms with E-state index in [0.717, 1.165) is 25.8 Å². The van der Waals surface area contributed by atoms with Crippen LogP contribution in [0, 0.1) is 0 Å². The van der Waals surface area contributed by atoms with E-state index < -0.39 is 0 Å². The van der Waals surface area contributed by atoms with Crippen molar-refractivity contribution < 1.29 is 0 Å². The van der Waals surface area contributed by atoms with Gasteiger partial charge < -0.3 is 5.73 Å². The first kappa shape index (κ1) is 41.9. The first-order valence-corrected chi connectivity index (χ1v) is 19.7. The van der Waals surface area contributed by atoms with Gasteiger partial charge in [-0.25, -0.2) is 0 Å². The molecule has 0 unspecified atom stereocenters. The van der Waals surface area contributed by atoms with Crippen molar-refractivity contribution in [2.75, 3.05) is 6.54 Å². The molecule has 0 aliphatic heterocycles. The maximum absolute atomic E-state index is 5.55. The molecule has 252 valence electrons. The van der Waals surface area contributed by atoms with Gasteiger partial charge >= 0.3 is 0 Å². The molecule has 0 spiro atoms. The molecule has 0 aliphatic rings. The minimum Gasteiger partial charge on any atom is -0.330 e. The fourth-order valence-corrected chi connectivity index (χ4v) is 5.86. The van der Waals surface area contributed by atoms with Gasteiger partial charge in [-0.3, -0.25) is 0 Å². The summed E-state index contributed by atoms with van der Waals surface area (Å²) in [7, 11) is 0. The average molecular weight is 598 g/mol. The summed E-state index contributed by atoms with van der Waals surface area (Å²) < 4.78 is 0. The Bertz CT molecular complexity index is 598. The van der Waals surface area contributed by atoms with E-state index in [9.17, 15) is 0 Å². The van der Waals surface area contributed by atoms with Crippen LogP contribution in [0.5, 0.6) is 0 Å². The highest BCUT2D eigenvalue weighted by Gasteiger charge is 1.96. The molecule has 1 nitrogen and oxygen atoms in total. The monoisotopic (exact) mass is 598 g/mol. The lowest BCUT2D eigenvalue weighted by Crippen LogP contribution is -1.97. The van der Waals surface area contributed by atoms with E-state index in [1.165, 1.54) is 186 Å². The van der Waals surface area contributed by atoms with Gasteiger partial charge in [0.25, 0.3) is 0 Å². The van der Waals surface area contributed by atoms with Crippen LogP contribution in [-0.4, -0.2) is 6.54 Å². The zero-order chi connectivity index (χ0) is 31.0. The summed E-state index contributed by atoms with van der Waals surface area (Å²) in [5.74, 6) is 0. The Balaban J connectivity index is 3.18. The Labute approximate surface area is 272 Å².